The predicted molar refractivity (Wildman–Crippen MR) is 79.2 cm³/mol. The molecule has 0 radical (unpaired) electrons. The summed E-state index contributed by atoms with van der Waals surface area (Å²) in [6.45, 7) is 8.25. The maximum atomic E-state index is 12.0. The normalized spacial score (nSPS) is 11.1. The number of carbonyl (C=O) groups is 2. The molecule has 0 bridgehead atoms. The first-order valence-corrected chi connectivity index (χ1v) is 6.86. The second-order valence-electron chi connectivity index (χ2n) is 5.47. The van der Waals surface area contributed by atoms with Gasteiger partial charge >= 0.3 is 6.09 Å². The van der Waals surface area contributed by atoms with Gasteiger partial charge in [-0.05, 0) is 45.4 Å². The Labute approximate surface area is 124 Å². The van der Waals surface area contributed by atoms with Crippen molar-refractivity contribution in [2.75, 3.05) is 6.54 Å². The molecule has 110 valence electrons. The Kier molecular flexibility index (Phi) is 5.57. The van der Waals surface area contributed by atoms with Gasteiger partial charge in [0, 0.05) is 18.7 Å². The molecule has 1 aromatic carbocycles. The van der Waals surface area contributed by atoms with Gasteiger partial charge in [-0.25, -0.2) is 4.79 Å². The Morgan fingerprint density at radius 3 is 2.55 bits per heavy atom. The highest BCUT2D eigenvalue weighted by atomic mass is 35.5. The van der Waals surface area contributed by atoms with Crippen LogP contribution in [-0.4, -0.2) is 29.4 Å². The molecule has 0 N–H and O–H groups in total. The molecule has 0 saturated carbocycles. The van der Waals surface area contributed by atoms with Gasteiger partial charge < -0.3 is 9.64 Å². The maximum absolute atomic E-state index is 12.0. The van der Waals surface area contributed by atoms with Crippen molar-refractivity contribution in [2.24, 2.45) is 0 Å². The zero-order valence-corrected chi connectivity index (χ0v) is 13.0. The zero-order chi connectivity index (χ0) is 15.3. The third-order valence-corrected chi connectivity index (χ3v) is 2.94. The minimum absolute atomic E-state index is 0.373. The first kappa shape index (κ1) is 16.5. The monoisotopic (exact) mass is 297 g/mol. The summed E-state index contributed by atoms with van der Waals surface area (Å²) in [6, 6.07) is 5.13. The number of amides is 1. The largest absolute Gasteiger partial charge is 0.444 e. The van der Waals surface area contributed by atoms with Crippen molar-refractivity contribution < 1.29 is 14.3 Å². The quantitative estimate of drug-likeness (QED) is 0.792. The summed E-state index contributed by atoms with van der Waals surface area (Å²) in [7, 11) is 0. The lowest BCUT2D eigenvalue weighted by atomic mass is 10.1. The molecule has 0 unspecified atom stereocenters. The molecule has 0 aliphatic rings. The second-order valence-corrected chi connectivity index (χ2v) is 5.88. The lowest BCUT2D eigenvalue weighted by molar-refractivity contribution is 0.0244. The van der Waals surface area contributed by atoms with Gasteiger partial charge in [-0.15, -0.1) is 0 Å². The van der Waals surface area contributed by atoms with E-state index in [0.717, 1.165) is 5.56 Å². The van der Waals surface area contributed by atoms with Gasteiger partial charge in [-0.2, -0.15) is 0 Å². The molecule has 0 aliphatic carbocycles. The minimum atomic E-state index is -0.529. The molecule has 0 saturated heterocycles. The number of nitrogens with zero attached hydrogens (tertiary/aromatic N) is 1. The van der Waals surface area contributed by atoms with Gasteiger partial charge in [0.25, 0.3) is 0 Å². The Balaban J connectivity index is 2.83. The number of hydrogen-bond donors (Lipinski definition) is 0. The number of rotatable bonds is 4. The van der Waals surface area contributed by atoms with E-state index < -0.39 is 5.60 Å². The predicted octanol–water partition coefficient (Wildman–Crippen LogP) is 3.91. The van der Waals surface area contributed by atoms with E-state index in [2.05, 4.69) is 0 Å². The van der Waals surface area contributed by atoms with Gasteiger partial charge in [-0.1, -0.05) is 17.7 Å². The summed E-state index contributed by atoms with van der Waals surface area (Å²) in [5.74, 6) is 0. The van der Waals surface area contributed by atoms with E-state index in [-0.39, 0.29) is 6.09 Å². The topological polar surface area (TPSA) is 46.6 Å². The van der Waals surface area contributed by atoms with Crippen LogP contribution >= 0.6 is 11.6 Å². The van der Waals surface area contributed by atoms with Crippen molar-refractivity contribution >= 4 is 24.0 Å². The van der Waals surface area contributed by atoms with Crippen LogP contribution in [0.2, 0.25) is 5.02 Å². The average Bonchev–Trinajstić information content (AvgIpc) is 2.35. The van der Waals surface area contributed by atoms with Crippen LogP contribution in [0.4, 0.5) is 4.79 Å². The number of hydrogen-bond acceptors (Lipinski definition) is 3. The molecule has 1 aromatic rings. The third kappa shape index (κ3) is 4.85. The summed E-state index contributed by atoms with van der Waals surface area (Å²) < 4.78 is 5.33. The standard InChI is InChI=1S/C15H20ClNO3/c1-5-17(14(19)20-15(2,3)4)9-11-6-7-13(16)12(8-11)10-18/h6-8,10H,5,9H2,1-4H3. The van der Waals surface area contributed by atoms with E-state index in [9.17, 15) is 9.59 Å². The molecule has 0 spiro atoms. The number of carbonyl (C=O) groups excluding carboxylic acids is 2. The molecule has 0 heterocycles. The lowest BCUT2D eigenvalue weighted by Gasteiger charge is -2.26. The van der Waals surface area contributed by atoms with E-state index >= 15 is 0 Å². The van der Waals surface area contributed by atoms with E-state index in [1.165, 1.54) is 0 Å². The third-order valence-electron chi connectivity index (χ3n) is 2.59. The van der Waals surface area contributed by atoms with Gasteiger partial charge in [0.15, 0.2) is 6.29 Å². The lowest BCUT2D eigenvalue weighted by Crippen LogP contribution is -2.36. The fraction of sp³-hybridized carbons (Fsp3) is 0.467. The van der Waals surface area contributed by atoms with Crippen LogP contribution < -0.4 is 0 Å². The van der Waals surface area contributed by atoms with Crippen molar-refractivity contribution in [1.82, 2.24) is 4.90 Å². The fourth-order valence-electron chi connectivity index (χ4n) is 1.63. The van der Waals surface area contributed by atoms with Crippen LogP contribution in [0.15, 0.2) is 18.2 Å². The van der Waals surface area contributed by atoms with Crippen LogP contribution in [-0.2, 0) is 11.3 Å². The maximum Gasteiger partial charge on any atom is 0.410 e. The van der Waals surface area contributed by atoms with Gasteiger partial charge in [0.05, 0.1) is 5.02 Å². The van der Waals surface area contributed by atoms with Crippen LogP contribution in [0, 0.1) is 0 Å². The molecule has 0 atom stereocenters. The first-order valence-electron chi connectivity index (χ1n) is 6.48. The molecule has 4 nitrogen and oxygen atoms in total. The highest BCUT2D eigenvalue weighted by Gasteiger charge is 2.21. The summed E-state index contributed by atoms with van der Waals surface area (Å²) in [5, 5.41) is 0.407. The molecule has 1 rings (SSSR count). The van der Waals surface area contributed by atoms with E-state index in [4.69, 9.17) is 16.3 Å². The molecule has 0 aromatic heterocycles. The molecule has 20 heavy (non-hydrogen) atoms. The SMILES string of the molecule is CCN(Cc1ccc(Cl)c(C=O)c1)C(=O)OC(C)(C)C. The molecule has 0 fully saturated rings. The van der Waals surface area contributed by atoms with E-state index in [1.807, 2.05) is 27.7 Å². The smallest absolute Gasteiger partial charge is 0.410 e. The van der Waals surface area contributed by atoms with Gasteiger partial charge in [-0.3, -0.25) is 4.79 Å². The van der Waals surface area contributed by atoms with E-state index in [1.54, 1.807) is 23.1 Å². The molecule has 1 amide bonds. The van der Waals surface area contributed by atoms with E-state index in [0.29, 0.717) is 30.0 Å². The molecule has 5 heteroatoms. The van der Waals surface area contributed by atoms with Crippen LogP contribution in [0.3, 0.4) is 0 Å². The number of halogens is 1. The molecular formula is C15H20ClNO3. The van der Waals surface area contributed by atoms with Crippen molar-refractivity contribution in [1.29, 1.82) is 0 Å². The van der Waals surface area contributed by atoms with Crippen molar-refractivity contribution in [3.8, 4) is 0 Å². The number of ether oxygens (including phenoxy) is 1. The zero-order valence-electron chi connectivity index (χ0n) is 12.3. The highest BCUT2D eigenvalue weighted by Crippen LogP contribution is 2.18. The Morgan fingerprint density at radius 1 is 1.40 bits per heavy atom. The average molecular weight is 298 g/mol. The molecule has 0 aliphatic heterocycles. The second kappa shape index (κ2) is 6.75. The molecular weight excluding hydrogens is 278 g/mol. The number of aldehydes is 1. The van der Waals surface area contributed by atoms with Gasteiger partial charge in [0.1, 0.15) is 5.60 Å². The summed E-state index contributed by atoms with van der Waals surface area (Å²) >= 11 is 5.88. The minimum Gasteiger partial charge on any atom is -0.444 e. The van der Waals surface area contributed by atoms with Crippen LogP contribution in [0.25, 0.3) is 0 Å². The summed E-state index contributed by atoms with van der Waals surface area (Å²) in [6.07, 6.45) is 0.331. The number of benzene rings is 1. The van der Waals surface area contributed by atoms with Crippen molar-refractivity contribution in [3.63, 3.8) is 0 Å². The van der Waals surface area contributed by atoms with Crippen molar-refractivity contribution in [2.45, 2.75) is 39.8 Å². The van der Waals surface area contributed by atoms with Crippen LogP contribution in [0.1, 0.15) is 43.6 Å². The summed E-state index contributed by atoms with van der Waals surface area (Å²) in [5.41, 5.74) is 0.729. The van der Waals surface area contributed by atoms with Gasteiger partial charge in [0.2, 0.25) is 0 Å². The Morgan fingerprint density at radius 2 is 2.05 bits per heavy atom. The van der Waals surface area contributed by atoms with Crippen molar-refractivity contribution in [3.05, 3.63) is 34.3 Å². The summed E-state index contributed by atoms with van der Waals surface area (Å²) in [4.78, 5) is 24.5. The highest BCUT2D eigenvalue weighted by molar-refractivity contribution is 6.32. The Hall–Kier alpha value is -1.55. The first-order chi connectivity index (χ1) is 9.26. The Bertz CT molecular complexity index is 494. The van der Waals surface area contributed by atoms with Crippen LogP contribution in [0.5, 0.6) is 0 Å². The fourth-order valence-corrected chi connectivity index (χ4v) is 1.80.